The van der Waals surface area contributed by atoms with Crippen LogP contribution in [0.15, 0.2) is 42.5 Å². The van der Waals surface area contributed by atoms with Gasteiger partial charge in [-0.2, -0.15) is 0 Å². The molecule has 0 saturated carbocycles. The highest BCUT2D eigenvalue weighted by Crippen LogP contribution is 2.21. The van der Waals surface area contributed by atoms with Gasteiger partial charge in [0.1, 0.15) is 11.6 Å². The van der Waals surface area contributed by atoms with E-state index in [-0.39, 0.29) is 22.6 Å². The summed E-state index contributed by atoms with van der Waals surface area (Å²) in [6, 6.07) is 9.77. The molecule has 0 spiro atoms. The zero-order valence-electron chi connectivity index (χ0n) is 9.29. The smallest absolute Gasteiger partial charge is 0.170 e. The predicted octanol–water partition coefficient (Wildman–Crippen LogP) is 4.04. The number of hydrogen-bond donors (Lipinski definition) is 0. The van der Waals surface area contributed by atoms with Crippen LogP contribution in [0.25, 0.3) is 0 Å². The van der Waals surface area contributed by atoms with Crippen molar-refractivity contribution in [1.29, 1.82) is 0 Å². The third kappa shape index (κ3) is 2.57. The average molecular weight is 267 g/mol. The van der Waals surface area contributed by atoms with Crippen molar-refractivity contribution in [2.45, 2.75) is 6.42 Å². The Morgan fingerprint density at radius 2 is 1.67 bits per heavy atom. The van der Waals surface area contributed by atoms with E-state index in [1.54, 1.807) is 6.07 Å². The van der Waals surface area contributed by atoms with Crippen molar-refractivity contribution < 1.29 is 13.6 Å². The normalized spacial score (nSPS) is 10.4. The molecule has 0 aliphatic carbocycles. The van der Waals surface area contributed by atoms with Crippen molar-refractivity contribution in [3.05, 3.63) is 70.2 Å². The maximum atomic E-state index is 13.5. The number of carbonyl (C=O) groups is 1. The van der Waals surface area contributed by atoms with Gasteiger partial charge in [-0.3, -0.25) is 4.79 Å². The van der Waals surface area contributed by atoms with Crippen LogP contribution < -0.4 is 0 Å². The molecule has 0 radical (unpaired) electrons. The van der Waals surface area contributed by atoms with E-state index in [1.165, 1.54) is 36.4 Å². The van der Waals surface area contributed by atoms with E-state index in [0.29, 0.717) is 0 Å². The summed E-state index contributed by atoms with van der Waals surface area (Å²) in [5, 5.41) is 0.166. The Balaban J connectivity index is 2.30. The number of rotatable bonds is 3. The molecule has 2 rings (SSSR count). The van der Waals surface area contributed by atoms with E-state index in [2.05, 4.69) is 0 Å². The first-order chi connectivity index (χ1) is 8.59. The minimum absolute atomic E-state index is 0.0585. The SMILES string of the molecule is O=C(Cc1c(F)cccc1Cl)c1ccccc1F. The van der Waals surface area contributed by atoms with Crippen molar-refractivity contribution in [3.8, 4) is 0 Å². The molecule has 0 fully saturated rings. The van der Waals surface area contributed by atoms with Gasteiger partial charge in [0.15, 0.2) is 5.78 Å². The van der Waals surface area contributed by atoms with Gasteiger partial charge in [0.05, 0.1) is 5.56 Å². The summed E-state index contributed by atoms with van der Waals surface area (Å²) >= 11 is 5.81. The number of benzene rings is 2. The lowest BCUT2D eigenvalue weighted by molar-refractivity contribution is 0.0988. The molecular formula is C14H9ClF2O. The number of ketones is 1. The van der Waals surface area contributed by atoms with Crippen molar-refractivity contribution in [2.75, 3.05) is 0 Å². The van der Waals surface area contributed by atoms with E-state index in [0.717, 1.165) is 0 Å². The molecule has 0 aliphatic rings. The summed E-state index contributed by atoms with van der Waals surface area (Å²) in [5.74, 6) is -1.68. The molecule has 0 aliphatic heterocycles. The third-order valence-electron chi connectivity index (χ3n) is 2.57. The Hall–Kier alpha value is -1.74. The monoisotopic (exact) mass is 266 g/mol. The summed E-state index contributed by atoms with van der Waals surface area (Å²) in [6.45, 7) is 0. The van der Waals surface area contributed by atoms with Gasteiger partial charge in [-0.05, 0) is 24.3 Å². The fourth-order valence-corrected chi connectivity index (χ4v) is 1.87. The van der Waals surface area contributed by atoms with Crippen LogP contribution in [-0.4, -0.2) is 5.78 Å². The highest BCUT2D eigenvalue weighted by atomic mass is 35.5. The summed E-state index contributed by atoms with van der Waals surface area (Å²) < 4.78 is 26.9. The van der Waals surface area contributed by atoms with Crippen LogP contribution in [0, 0.1) is 11.6 Å². The van der Waals surface area contributed by atoms with Crippen molar-refractivity contribution >= 4 is 17.4 Å². The van der Waals surface area contributed by atoms with Gasteiger partial charge in [-0.25, -0.2) is 8.78 Å². The van der Waals surface area contributed by atoms with Crippen molar-refractivity contribution in [2.24, 2.45) is 0 Å². The summed E-state index contributed by atoms with van der Waals surface area (Å²) in [4.78, 5) is 11.9. The molecule has 0 unspecified atom stereocenters. The second kappa shape index (κ2) is 5.27. The van der Waals surface area contributed by atoms with Crippen LogP contribution in [0.5, 0.6) is 0 Å². The van der Waals surface area contributed by atoms with Gasteiger partial charge >= 0.3 is 0 Å². The Kier molecular flexibility index (Phi) is 3.72. The van der Waals surface area contributed by atoms with Crippen LogP contribution in [0.3, 0.4) is 0 Å². The molecule has 4 heteroatoms. The minimum atomic E-state index is -0.616. The van der Waals surface area contributed by atoms with Crippen molar-refractivity contribution in [3.63, 3.8) is 0 Å². The van der Waals surface area contributed by atoms with Gasteiger partial charge < -0.3 is 0 Å². The Morgan fingerprint density at radius 1 is 1.00 bits per heavy atom. The first-order valence-corrected chi connectivity index (χ1v) is 5.68. The van der Waals surface area contributed by atoms with Crippen LogP contribution in [0.4, 0.5) is 8.78 Å². The highest BCUT2D eigenvalue weighted by Gasteiger charge is 2.15. The lowest BCUT2D eigenvalue weighted by Gasteiger charge is -2.06. The molecular weight excluding hydrogens is 258 g/mol. The van der Waals surface area contributed by atoms with Crippen LogP contribution >= 0.6 is 11.6 Å². The molecule has 0 N–H and O–H groups in total. The van der Waals surface area contributed by atoms with Crippen LogP contribution in [-0.2, 0) is 6.42 Å². The number of halogens is 3. The number of carbonyl (C=O) groups excluding carboxylic acids is 1. The molecule has 18 heavy (non-hydrogen) atoms. The molecule has 2 aromatic carbocycles. The standard InChI is InChI=1S/C14H9ClF2O/c15-11-5-3-7-13(17)10(11)8-14(18)9-4-1-2-6-12(9)16/h1-7H,8H2. The maximum Gasteiger partial charge on any atom is 0.170 e. The molecule has 0 saturated heterocycles. The molecule has 92 valence electrons. The summed E-state index contributed by atoms with van der Waals surface area (Å²) in [5.41, 5.74) is 0.0317. The lowest BCUT2D eigenvalue weighted by Crippen LogP contribution is -2.07. The highest BCUT2D eigenvalue weighted by molar-refractivity contribution is 6.31. The molecule has 2 aromatic rings. The Morgan fingerprint density at radius 3 is 2.33 bits per heavy atom. The average Bonchev–Trinajstić information content (AvgIpc) is 2.34. The largest absolute Gasteiger partial charge is 0.294 e. The zero-order valence-corrected chi connectivity index (χ0v) is 10.0. The lowest BCUT2D eigenvalue weighted by atomic mass is 10.0. The second-order valence-electron chi connectivity index (χ2n) is 3.78. The van der Waals surface area contributed by atoms with E-state index >= 15 is 0 Å². The fraction of sp³-hybridized carbons (Fsp3) is 0.0714. The van der Waals surface area contributed by atoms with Crippen LogP contribution in [0.2, 0.25) is 5.02 Å². The van der Waals surface area contributed by atoms with Gasteiger partial charge in [0.25, 0.3) is 0 Å². The molecule has 0 bridgehead atoms. The summed E-state index contributed by atoms with van der Waals surface area (Å²) in [7, 11) is 0. The molecule has 0 amide bonds. The third-order valence-corrected chi connectivity index (χ3v) is 2.93. The van der Waals surface area contributed by atoms with E-state index in [1.807, 2.05) is 0 Å². The first-order valence-electron chi connectivity index (χ1n) is 5.30. The topological polar surface area (TPSA) is 17.1 Å². The van der Waals surface area contributed by atoms with Gasteiger partial charge in [0, 0.05) is 17.0 Å². The first kappa shape index (κ1) is 12.7. The summed E-state index contributed by atoms with van der Waals surface area (Å²) in [6.07, 6.45) is -0.258. The van der Waals surface area contributed by atoms with Crippen molar-refractivity contribution in [1.82, 2.24) is 0 Å². The van der Waals surface area contributed by atoms with Gasteiger partial charge in [-0.1, -0.05) is 29.8 Å². The van der Waals surface area contributed by atoms with Gasteiger partial charge in [0.2, 0.25) is 0 Å². The Bertz CT molecular complexity index is 576. The zero-order chi connectivity index (χ0) is 13.1. The Labute approximate surface area is 108 Å². The molecule has 1 nitrogen and oxygen atoms in total. The quantitative estimate of drug-likeness (QED) is 0.766. The van der Waals surface area contributed by atoms with Gasteiger partial charge in [-0.15, -0.1) is 0 Å². The van der Waals surface area contributed by atoms with Crippen LogP contribution in [0.1, 0.15) is 15.9 Å². The van der Waals surface area contributed by atoms with E-state index in [4.69, 9.17) is 11.6 Å². The predicted molar refractivity (Wildman–Crippen MR) is 65.8 cm³/mol. The number of Topliss-reactive ketones (excluding diaryl/α,β-unsaturated/α-hetero) is 1. The molecule has 0 atom stereocenters. The molecule has 0 heterocycles. The molecule has 0 aromatic heterocycles. The minimum Gasteiger partial charge on any atom is -0.294 e. The number of hydrogen-bond acceptors (Lipinski definition) is 1. The second-order valence-corrected chi connectivity index (χ2v) is 4.19. The fourth-order valence-electron chi connectivity index (χ4n) is 1.64. The van der Waals surface area contributed by atoms with E-state index in [9.17, 15) is 13.6 Å². The van der Waals surface area contributed by atoms with E-state index < -0.39 is 17.4 Å². The maximum absolute atomic E-state index is 13.5.